The number of anilines is 1. The van der Waals surface area contributed by atoms with Gasteiger partial charge >= 0.3 is 0 Å². The molecule has 1 aromatic rings. The van der Waals surface area contributed by atoms with Crippen LogP contribution in [0.2, 0.25) is 0 Å². The third-order valence-corrected chi connectivity index (χ3v) is 4.60. The summed E-state index contributed by atoms with van der Waals surface area (Å²) < 4.78 is 1.75. The molecule has 2 aliphatic rings. The number of nitrogens with one attached hydrogen (secondary N) is 1. The van der Waals surface area contributed by atoms with Crippen LogP contribution in [0.1, 0.15) is 51.5 Å². The molecule has 0 radical (unpaired) electrons. The summed E-state index contributed by atoms with van der Waals surface area (Å²) in [4.78, 5) is 16.4. The van der Waals surface area contributed by atoms with Gasteiger partial charge in [-0.3, -0.25) is 4.79 Å². The molecule has 5 heteroatoms. The van der Waals surface area contributed by atoms with Gasteiger partial charge < -0.3 is 15.0 Å². The first-order valence-corrected chi connectivity index (χ1v) is 7.61. The Morgan fingerprint density at radius 2 is 2.10 bits per heavy atom. The van der Waals surface area contributed by atoms with Crippen molar-refractivity contribution >= 4 is 5.82 Å². The molecule has 1 heterocycles. The predicted molar refractivity (Wildman–Crippen MR) is 77.8 cm³/mol. The molecule has 0 aliphatic heterocycles. The largest absolute Gasteiger partial charge is 0.388 e. The van der Waals surface area contributed by atoms with Gasteiger partial charge in [0, 0.05) is 25.0 Å². The minimum Gasteiger partial charge on any atom is -0.388 e. The lowest BCUT2D eigenvalue weighted by molar-refractivity contribution is 0.00492. The van der Waals surface area contributed by atoms with E-state index in [-0.39, 0.29) is 5.56 Å². The van der Waals surface area contributed by atoms with E-state index in [1.54, 1.807) is 17.0 Å². The van der Waals surface area contributed by atoms with E-state index in [1.807, 2.05) is 0 Å². The third-order valence-electron chi connectivity index (χ3n) is 4.60. The number of nitrogens with zero attached hydrogens (tertiary/aromatic N) is 2. The van der Waals surface area contributed by atoms with Crippen molar-refractivity contribution in [1.82, 2.24) is 9.55 Å². The molecule has 0 aromatic carbocycles. The molecule has 3 rings (SSSR count). The lowest BCUT2D eigenvalue weighted by atomic mass is 9.79. The van der Waals surface area contributed by atoms with E-state index >= 15 is 0 Å². The number of rotatable bonds is 4. The quantitative estimate of drug-likeness (QED) is 0.882. The first-order chi connectivity index (χ1) is 9.57. The Hall–Kier alpha value is -1.36. The number of hydrogen-bond donors (Lipinski definition) is 2. The lowest BCUT2D eigenvalue weighted by Gasteiger charge is -2.35. The summed E-state index contributed by atoms with van der Waals surface area (Å²) in [6, 6.07) is 0.352. The van der Waals surface area contributed by atoms with Crippen molar-refractivity contribution in [1.29, 1.82) is 0 Å². The van der Waals surface area contributed by atoms with Crippen LogP contribution in [0.4, 0.5) is 5.82 Å². The van der Waals surface area contributed by atoms with Gasteiger partial charge in [0.15, 0.2) is 5.82 Å². The van der Waals surface area contributed by atoms with Crippen LogP contribution < -0.4 is 10.9 Å². The van der Waals surface area contributed by atoms with Gasteiger partial charge in [0.1, 0.15) is 0 Å². The Kier molecular flexibility index (Phi) is 3.54. The van der Waals surface area contributed by atoms with E-state index in [2.05, 4.69) is 17.2 Å². The fourth-order valence-electron chi connectivity index (χ4n) is 2.91. The summed E-state index contributed by atoms with van der Waals surface area (Å²) >= 11 is 0. The monoisotopic (exact) mass is 277 g/mol. The Balaban J connectivity index is 1.66. The average molecular weight is 277 g/mol. The van der Waals surface area contributed by atoms with E-state index in [0.717, 1.165) is 38.5 Å². The Bertz CT molecular complexity index is 528. The zero-order valence-corrected chi connectivity index (χ0v) is 12.0. The van der Waals surface area contributed by atoms with Crippen molar-refractivity contribution in [3.05, 3.63) is 22.7 Å². The molecule has 2 N–H and O–H groups in total. The maximum atomic E-state index is 12.2. The number of aromatic nitrogens is 2. The van der Waals surface area contributed by atoms with Crippen molar-refractivity contribution in [2.45, 2.75) is 57.1 Å². The van der Waals surface area contributed by atoms with Crippen LogP contribution in [-0.2, 0) is 0 Å². The third kappa shape index (κ3) is 2.87. The standard InChI is InChI=1S/C15H23N3O2/c1-11-4-6-15(20,7-5-11)10-17-13-14(19)18(9-8-16-13)12-2-3-12/h8-9,11-12,20H,2-7,10H2,1H3,(H,16,17). The van der Waals surface area contributed by atoms with Crippen LogP contribution >= 0.6 is 0 Å². The minimum absolute atomic E-state index is 0.0669. The highest BCUT2D eigenvalue weighted by atomic mass is 16.3. The maximum absolute atomic E-state index is 12.2. The van der Waals surface area contributed by atoms with Gasteiger partial charge in [-0.15, -0.1) is 0 Å². The fourth-order valence-corrected chi connectivity index (χ4v) is 2.91. The molecule has 0 atom stereocenters. The first-order valence-electron chi connectivity index (χ1n) is 7.61. The zero-order chi connectivity index (χ0) is 14.2. The molecule has 0 bridgehead atoms. The summed E-state index contributed by atoms with van der Waals surface area (Å²) in [5.41, 5.74) is -0.760. The van der Waals surface area contributed by atoms with Crippen LogP contribution in [0.3, 0.4) is 0 Å². The molecule has 2 aliphatic carbocycles. The van der Waals surface area contributed by atoms with Crippen molar-refractivity contribution < 1.29 is 5.11 Å². The Labute approximate surface area is 119 Å². The van der Waals surface area contributed by atoms with E-state index in [0.29, 0.717) is 24.3 Å². The molecule has 0 saturated heterocycles. The molecule has 5 nitrogen and oxygen atoms in total. The summed E-state index contributed by atoms with van der Waals surface area (Å²) in [5, 5.41) is 13.6. The minimum atomic E-state index is -0.694. The van der Waals surface area contributed by atoms with Crippen LogP contribution in [0.15, 0.2) is 17.2 Å². The number of aliphatic hydroxyl groups is 1. The van der Waals surface area contributed by atoms with Gasteiger partial charge in [0.2, 0.25) is 0 Å². The topological polar surface area (TPSA) is 67.2 Å². The Morgan fingerprint density at radius 3 is 2.75 bits per heavy atom. The van der Waals surface area contributed by atoms with Crippen LogP contribution in [-0.4, -0.2) is 26.8 Å². The highest BCUT2D eigenvalue weighted by molar-refractivity contribution is 5.32. The van der Waals surface area contributed by atoms with E-state index in [4.69, 9.17) is 0 Å². The maximum Gasteiger partial charge on any atom is 0.293 e. The van der Waals surface area contributed by atoms with Gasteiger partial charge in [-0.1, -0.05) is 6.92 Å². The summed E-state index contributed by atoms with van der Waals surface area (Å²) in [6.07, 6.45) is 9.25. The SMILES string of the molecule is CC1CCC(O)(CNc2nccn(C3CC3)c2=O)CC1. The van der Waals surface area contributed by atoms with E-state index < -0.39 is 5.60 Å². The van der Waals surface area contributed by atoms with Gasteiger partial charge in [-0.2, -0.15) is 0 Å². The molecule has 0 amide bonds. The lowest BCUT2D eigenvalue weighted by Crippen LogP contribution is -2.41. The number of hydrogen-bond acceptors (Lipinski definition) is 4. The second-order valence-electron chi connectivity index (χ2n) is 6.48. The van der Waals surface area contributed by atoms with E-state index in [9.17, 15) is 9.90 Å². The van der Waals surface area contributed by atoms with E-state index in [1.165, 1.54) is 0 Å². The smallest absolute Gasteiger partial charge is 0.293 e. The molecular formula is C15H23N3O2. The molecule has 110 valence electrons. The predicted octanol–water partition coefficient (Wildman–Crippen LogP) is 1.93. The molecule has 20 heavy (non-hydrogen) atoms. The van der Waals surface area contributed by atoms with Gasteiger partial charge in [0.05, 0.1) is 5.60 Å². The second-order valence-corrected chi connectivity index (χ2v) is 6.48. The summed E-state index contributed by atoms with van der Waals surface area (Å²) in [7, 11) is 0. The normalized spacial score (nSPS) is 30.2. The van der Waals surface area contributed by atoms with Crippen LogP contribution in [0, 0.1) is 5.92 Å². The molecule has 1 aromatic heterocycles. The van der Waals surface area contributed by atoms with Crippen molar-refractivity contribution in [3.63, 3.8) is 0 Å². The summed E-state index contributed by atoms with van der Waals surface area (Å²) in [5.74, 6) is 1.06. The molecule has 0 spiro atoms. The summed E-state index contributed by atoms with van der Waals surface area (Å²) in [6.45, 7) is 2.64. The van der Waals surface area contributed by atoms with Crippen LogP contribution in [0.5, 0.6) is 0 Å². The van der Waals surface area contributed by atoms with Gasteiger partial charge in [-0.25, -0.2) is 4.98 Å². The Morgan fingerprint density at radius 1 is 1.40 bits per heavy atom. The highest BCUT2D eigenvalue weighted by Crippen LogP contribution is 2.33. The molecule has 2 fully saturated rings. The average Bonchev–Trinajstić information content (AvgIpc) is 3.26. The van der Waals surface area contributed by atoms with Crippen molar-refractivity contribution in [2.24, 2.45) is 5.92 Å². The molecule has 0 unspecified atom stereocenters. The van der Waals surface area contributed by atoms with Gasteiger partial charge in [0.25, 0.3) is 5.56 Å². The molecule has 2 saturated carbocycles. The highest BCUT2D eigenvalue weighted by Gasteiger charge is 2.32. The van der Waals surface area contributed by atoms with Crippen LogP contribution in [0.25, 0.3) is 0 Å². The van der Waals surface area contributed by atoms with Crippen molar-refractivity contribution in [2.75, 3.05) is 11.9 Å². The fraction of sp³-hybridized carbons (Fsp3) is 0.733. The first kappa shape index (κ1) is 13.6. The molecular weight excluding hydrogens is 254 g/mol. The van der Waals surface area contributed by atoms with Gasteiger partial charge in [-0.05, 0) is 44.4 Å². The zero-order valence-electron chi connectivity index (χ0n) is 12.0. The second kappa shape index (κ2) is 5.20. The van der Waals surface area contributed by atoms with Crippen molar-refractivity contribution in [3.8, 4) is 0 Å².